The van der Waals surface area contributed by atoms with E-state index >= 15 is 0 Å². The van der Waals surface area contributed by atoms with Gasteiger partial charge in [-0.15, -0.1) is 0 Å². The van der Waals surface area contributed by atoms with Gasteiger partial charge >= 0.3 is 0 Å². The Morgan fingerprint density at radius 1 is 1.04 bits per heavy atom. The van der Waals surface area contributed by atoms with E-state index in [4.69, 9.17) is 9.47 Å². The number of ketones is 1. The van der Waals surface area contributed by atoms with E-state index in [1.54, 1.807) is 4.90 Å². The van der Waals surface area contributed by atoms with Gasteiger partial charge in [-0.2, -0.15) is 0 Å². The van der Waals surface area contributed by atoms with E-state index in [1.165, 1.54) is 0 Å². The summed E-state index contributed by atoms with van der Waals surface area (Å²) in [7, 11) is 0. The molecule has 0 radical (unpaired) electrons. The van der Waals surface area contributed by atoms with E-state index in [1.807, 2.05) is 60.7 Å². The highest BCUT2D eigenvalue weighted by Gasteiger charge is 2.24. The number of ether oxygens (including phenoxy) is 2. The van der Waals surface area contributed by atoms with Crippen LogP contribution in [0.25, 0.3) is 0 Å². The number of benzene rings is 2. The minimum Gasteiger partial charge on any atom is -0.492 e. The molecule has 0 aromatic heterocycles. The summed E-state index contributed by atoms with van der Waals surface area (Å²) >= 11 is 0. The quantitative estimate of drug-likeness (QED) is 0.685. The number of hydrogen-bond acceptors (Lipinski definition) is 5. The van der Waals surface area contributed by atoms with Crippen LogP contribution in [0.2, 0.25) is 0 Å². The van der Waals surface area contributed by atoms with Crippen molar-refractivity contribution in [1.82, 2.24) is 0 Å². The maximum absolute atomic E-state index is 12.7. The van der Waals surface area contributed by atoms with Gasteiger partial charge in [-0.25, -0.2) is 4.99 Å². The summed E-state index contributed by atoms with van der Waals surface area (Å²) in [5.41, 5.74) is 0.719. The van der Waals surface area contributed by atoms with Crippen LogP contribution >= 0.6 is 0 Å². The highest BCUT2D eigenvalue weighted by Crippen LogP contribution is 2.16. The SMILES string of the molecule is O=C(CC(=O)N(CCOc1ccccc1)c1ccccc1)C1=NCCO1. The molecule has 0 saturated heterocycles. The third-order valence-corrected chi connectivity index (χ3v) is 3.83. The van der Waals surface area contributed by atoms with Crippen LogP contribution in [-0.2, 0) is 14.3 Å². The molecule has 6 heteroatoms. The molecular formula is C20H20N2O4. The first kappa shape index (κ1) is 17.7. The smallest absolute Gasteiger partial charge is 0.254 e. The van der Waals surface area contributed by atoms with Crippen LogP contribution in [0, 0.1) is 0 Å². The van der Waals surface area contributed by atoms with Gasteiger partial charge in [0.2, 0.25) is 11.7 Å². The second kappa shape index (κ2) is 8.80. The topological polar surface area (TPSA) is 68.2 Å². The number of hydrogen-bond donors (Lipinski definition) is 0. The minimum absolute atomic E-state index is 0.0481. The third-order valence-electron chi connectivity index (χ3n) is 3.83. The summed E-state index contributed by atoms with van der Waals surface area (Å²) in [6.45, 7) is 1.50. The molecule has 0 fully saturated rings. The van der Waals surface area contributed by atoms with Crippen molar-refractivity contribution < 1.29 is 19.1 Å². The van der Waals surface area contributed by atoms with Gasteiger partial charge < -0.3 is 14.4 Å². The normalized spacial score (nSPS) is 12.8. The molecule has 3 rings (SSSR count). The lowest BCUT2D eigenvalue weighted by Crippen LogP contribution is -2.37. The Labute approximate surface area is 152 Å². The Balaban J connectivity index is 1.64. The van der Waals surface area contributed by atoms with Crippen molar-refractivity contribution in [2.24, 2.45) is 4.99 Å². The lowest BCUT2D eigenvalue weighted by Gasteiger charge is -2.22. The minimum atomic E-state index is -0.391. The molecule has 134 valence electrons. The molecule has 1 aliphatic heterocycles. The summed E-state index contributed by atoms with van der Waals surface area (Å²) < 4.78 is 10.8. The number of para-hydroxylation sites is 2. The Bertz CT molecular complexity index is 775. The molecule has 1 amide bonds. The number of nitrogens with zero attached hydrogens (tertiary/aromatic N) is 2. The van der Waals surface area contributed by atoms with Crippen molar-refractivity contribution in [2.75, 3.05) is 31.2 Å². The highest BCUT2D eigenvalue weighted by atomic mass is 16.5. The predicted molar refractivity (Wildman–Crippen MR) is 98.6 cm³/mol. The first-order valence-corrected chi connectivity index (χ1v) is 8.48. The van der Waals surface area contributed by atoms with E-state index in [0.29, 0.717) is 26.3 Å². The van der Waals surface area contributed by atoms with Crippen LogP contribution in [-0.4, -0.2) is 43.9 Å². The number of aliphatic imine (C=N–C) groups is 1. The van der Waals surface area contributed by atoms with Crippen LogP contribution in [0.15, 0.2) is 65.7 Å². The molecule has 0 N–H and O–H groups in total. The number of anilines is 1. The molecule has 26 heavy (non-hydrogen) atoms. The van der Waals surface area contributed by atoms with Gasteiger partial charge in [0.25, 0.3) is 5.90 Å². The molecule has 1 aliphatic rings. The van der Waals surface area contributed by atoms with Crippen molar-refractivity contribution in [1.29, 1.82) is 0 Å². The van der Waals surface area contributed by atoms with Crippen molar-refractivity contribution in [3.05, 3.63) is 60.7 Å². The zero-order valence-electron chi connectivity index (χ0n) is 14.3. The summed E-state index contributed by atoms with van der Waals surface area (Å²) in [6, 6.07) is 18.6. The largest absolute Gasteiger partial charge is 0.492 e. The van der Waals surface area contributed by atoms with Crippen LogP contribution in [0.4, 0.5) is 5.69 Å². The molecule has 2 aromatic carbocycles. The predicted octanol–water partition coefficient (Wildman–Crippen LogP) is 2.49. The van der Waals surface area contributed by atoms with Crippen molar-refractivity contribution in [2.45, 2.75) is 6.42 Å². The Kier molecular flexibility index (Phi) is 5.98. The summed E-state index contributed by atoms with van der Waals surface area (Å²) in [5.74, 6) is 0.0816. The van der Waals surface area contributed by atoms with E-state index in [2.05, 4.69) is 4.99 Å². The van der Waals surface area contributed by atoms with E-state index in [9.17, 15) is 9.59 Å². The van der Waals surface area contributed by atoms with Crippen LogP contribution in [0.5, 0.6) is 5.75 Å². The maximum Gasteiger partial charge on any atom is 0.254 e. The summed E-state index contributed by atoms with van der Waals surface area (Å²) in [4.78, 5) is 30.4. The van der Waals surface area contributed by atoms with Crippen molar-refractivity contribution >= 4 is 23.3 Å². The molecular weight excluding hydrogens is 332 g/mol. The van der Waals surface area contributed by atoms with Gasteiger partial charge in [-0.3, -0.25) is 9.59 Å². The monoisotopic (exact) mass is 352 g/mol. The average Bonchev–Trinajstić information content (AvgIpc) is 3.21. The average molecular weight is 352 g/mol. The lowest BCUT2D eigenvalue weighted by molar-refractivity contribution is -0.124. The Morgan fingerprint density at radius 3 is 2.38 bits per heavy atom. The van der Waals surface area contributed by atoms with Gasteiger partial charge in [0, 0.05) is 5.69 Å². The number of Topliss-reactive ketones (excluding diaryl/α,β-unsaturated/α-hetero) is 1. The number of carbonyl (C=O) groups is 2. The Morgan fingerprint density at radius 2 is 1.73 bits per heavy atom. The summed E-state index contributed by atoms with van der Waals surface area (Å²) in [6.07, 6.45) is -0.279. The first-order valence-electron chi connectivity index (χ1n) is 8.48. The molecule has 2 aromatic rings. The molecule has 0 spiro atoms. The van der Waals surface area contributed by atoms with Crippen LogP contribution < -0.4 is 9.64 Å². The first-order chi connectivity index (χ1) is 12.7. The molecule has 6 nitrogen and oxygen atoms in total. The molecule has 1 heterocycles. The van der Waals surface area contributed by atoms with E-state index in [-0.39, 0.29) is 18.2 Å². The van der Waals surface area contributed by atoms with Crippen molar-refractivity contribution in [3.63, 3.8) is 0 Å². The van der Waals surface area contributed by atoms with E-state index < -0.39 is 5.78 Å². The molecule has 0 atom stereocenters. The fourth-order valence-corrected chi connectivity index (χ4v) is 2.59. The molecule has 0 unspecified atom stereocenters. The number of carbonyl (C=O) groups excluding carboxylic acids is 2. The van der Waals surface area contributed by atoms with Crippen LogP contribution in [0.1, 0.15) is 6.42 Å². The molecule has 0 bridgehead atoms. The second-order valence-electron chi connectivity index (χ2n) is 5.68. The Hall–Kier alpha value is -3.15. The van der Waals surface area contributed by atoms with Gasteiger partial charge in [-0.05, 0) is 24.3 Å². The summed E-state index contributed by atoms with van der Waals surface area (Å²) in [5, 5.41) is 0. The van der Waals surface area contributed by atoms with Gasteiger partial charge in [0.15, 0.2) is 0 Å². The lowest BCUT2D eigenvalue weighted by atomic mass is 10.2. The zero-order valence-corrected chi connectivity index (χ0v) is 14.3. The maximum atomic E-state index is 12.7. The van der Waals surface area contributed by atoms with Crippen molar-refractivity contribution in [3.8, 4) is 5.75 Å². The van der Waals surface area contributed by atoms with Gasteiger partial charge in [-0.1, -0.05) is 36.4 Å². The van der Waals surface area contributed by atoms with Gasteiger partial charge in [0.05, 0.1) is 19.5 Å². The van der Waals surface area contributed by atoms with Crippen LogP contribution in [0.3, 0.4) is 0 Å². The fourth-order valence-electron chi connectivity index (χ4n) is 2.59. The molecule has 0 saturated carbocycles. The second-order valence-corrected chi connectivity index (χ2v) is 5.68. The standard InChI is InChI=1S/C20H20N2O4/c23-18(20-21-11-13-26-20)15-19(24)22(16-7-3-1-4-8-16)12-14-25-17-9-5-2-6-10-17/h1-10H,11-15H2. The zero-order chi connectivity index (χ0) is 18.2. The number of amides is 1. The number of rotatable bonds is 8. The highest BCUT2D eigenvalue weighted by molar-refractivity contribution is 6.40. The third kappa shape index (κ3) is 4.69. The molecule has 0 aliphatic carbocycles. The fraction of sp³-hybridized carbons (Fsp3) is 0.250. The van der Waals surface area contributed by atoms with Gasteiger partial charge in [0.1, 0.15) is 19.0 Å². The van der Waals surface area contributed by atoms with E-state index in [0.717, 1.165) is 11.4 Å².